The molecule has 42 heavy (non-hydrogen) atoms. The molecule has 0 radical (unpaired) electrons. The van der Waals surface area contributed by atoms with Crippen molar-refractivity contribution in [3.05, 3.63) is 101 Å². The summed E-state index contributed by atoms with van der Waals surface area (Å²) in [6.45, 7) is 4.81. The van der Waals surface area contributed by atoms with Crippen molar-refractivity contribution in [1.29, 1.82) is 0 Å². The van der Waals surface area contributed by atoms with E-state index in [1.807, 2.05) is 69.3 Å². The topological polar surface area (TPSA) is 86.8 Å². The number of carbonyl (C=O) groups is 2. The molecule has 0 aliphatic heterocycles. The third-order valence-corrected chi connectivity index (χ3v) is 7.99. The molecular formula is C31H36F3N3O4S. The number of hydrogen-bond donors (Lipinski definition) is 1. The van der Waals surface area contributed by atoms with E-state index in [9.17, 15) is 31.2 Å². The Morgan fingerprint density at radius 2 is 1.57 bits per heavy atom. The van der Waals surface area contributed by atoms with Gasteiger partial charge in [0.25, 0.3) is 0 Å². The fraction of sp³-hybridized carbons (Fsp3) is 0.355. The molecule has 0 heterocycles. The van der Waals surface area contributed by atoms with Gasteiger partial charge in [0.15, 0.2) is 0 Å². The quantitative estimate of drug-likeness (QED) is 0.303. The standard InChI is InChI=1S/C31H36F3N3O4S/c1-5-23(3)35-30(39)28(18-24-12-7-6-8-13-24)36(20-25-14-9-11-22(2)17-25)29(38)21-37(42(4,40)41)27-16-10-15-26(19-27)31(32,33)34/h6-17,19,23,28H,5,18,20-21H2,1-4H3,(H,35,39). The highest BCUT2D eigenvalue weighted by Crippen LogP contribution is 2.32. The smallest absolute Gasteiger partial charge is 0.352 e. The van der Waals surface area contributed by atoms with Crippen molar-refractivity contribution in [3.63, 3.8) is 0 Å². The van der Waals surface area contributed by atoms with Gasteiger partial charge in [-0.15, -0.1) is 0 Å². The average Bonchev–Trinajstić information content (AvgIpc) is 2.93. The lowest BCUT2D eigenvalue weighted by atomic mass is 10.0. The molecule has 7 nitrogen and oxygen atoms in total. The van der Waals surface area contributed by atoms with E-state index in [0.29, 0.717) is 22.4 Å². The summed E-state index contributed by atoms with van der Waals surface area (Å²) in [7, 11) is -4.20. The number of benzene rings is 3. The van der Waals surface area contributed by atoms with Crippen LogP contribution in [0.2, 0.25) is 0 Å². The molecule has 2 atom stereocenters. The van der Waals surface area contributed by atoms with Gasteiger partial charge in [-0.25, -0.2) is 8.42 Å². The lowest BCUT2D eigenvalue weighted by Crippen LogP contribution is -2.54. The van der Waals surface area contributed by atoms with Crippen LogP contribution >= 0.6 is 0 Å². The minimum absolute atomic E-state index is 0.0217. The molecule has 0 fully saturated rings. The summed E-state index contributed by atoms with van der Waals surface area (Å²) in [4.78, 5) is 29.0. The van der Waals surface area contributed by atoms with Crippen molar-refractivity contribution in [2.45, 2.75) is 58.4 Å². The number of amides is 2. The lowest BCUT2D eigenvalue weighted by Gasteiger charge is -2.34. The Bertz CT molecular complexity index is 1480. The molecule has 0 aliphatic carbocycles. The Kier molecular flexibility index (Phi) is 10.8. The molecule has 0 spiro atoms. The van der Waals surface area contributed by atoms with Crippen molar-refractivity contribution in [2.75, 3.05) is 17.1 Å². The van der Waals surface area contributed by atoms with E-state index in [-0.39, 0.29) is 24.7 Å². The molecule has 1 N–H and O–H groups in total. The lowest BCUT2D eigenvalue weighted by molar-refractivity contribution is -0.140. The normalized spacial score (nSPS) is 13.2. The number of nitrogens with one attached hydrogen (secondary N) is 1. The van der Waals surface area contributed by atoms with Crippen molar-refractivity contribution in [2.24, 2.45) is 0 Å². The number of hydrogen-bond acceptors (Lipinski definition) is 4. The first-order chi connectivity index (χ1) is 19.7. The van der Waals surface area contributed by atoms with Crippen molar-refractivity contribution >= 4 is 27.5 Å². The molecule has 0 aromatic heterocycles. The van der Waals surface area contributed by atoms with Gasteiger partial charge in [0.05, 0.1) is 17.5 Å². The second-order valence-corrected chi connectivity index (χ2v) is 12.3. The molecule has 0 saturated heterocycles. The zero-order valence-electron chi connectivity index (χ0n) is 24.1. The van der Waals surface area contributed by atoms with Crippen LogP contribution in [-0.2, 0) is 38.8 Å². The minimum atomic E-state index is -4.71. The molecule has 0 aliphatic rings. The van der Waals surface area contributed by atoms with Gasteiger partial charge in [-0.05, 0) is 49.6 Å². The van der Waals surface area contributed by atoms with Crippen LogP contribution in [0.3, 0.4) is 0 Å². The van der Waals surface area contributed by atoms with Crippen LogP contribution in [0.1, 0.15) is 42.5 Å². The number of carbonyl (C=O) groups excluding carboxylic acids is 2. The molecular weight excluding hydrogens is 567 g/mol. The first kappa shape index (κ1) is 32.7. The maximum Gasteiger partial charge on any atom is 0.416 e. The third kappa shape index (κ3) is 9.07. The summed E-state index contributed by atoms with van der Waals surface area (Å²) in [5.41, 5.74) is 1.06. The first-order valence-corrected chi connectivity index (χ1v) is 15.4. The van der Waals surface area contributed by atoms with Gasteiger partial charge in [-0.1, -0.05) is 73.2 Å². The number of alkyl halides is 3. The van der Waals surface area contributed by atoms with Crippen LogP contribution in [0, 0.1) is 6.92 Å². The maximum atomic E-state index is 14.1. The van der Waals surface area contributed by atoms with Crippen LogP contribution < -0.4 is 9.62 Å². The second-order valence-electron chi connectivity index (χ2n) is 10.4. The molecule has 3 aromatic carbocycles. The summed E-state index contributed by atoms with van der Waals surface area (Å²) >= 11 is 0. The van der Waals surface area contributed by atoms with Crippen molar-refractivity contribution in [3.8, 4) is 0 Å². The number of aryl methyl sites for hydroxylation is 1. The largest absolute Gasteiger partial charge is 0.416 e. The molecule has 0 saturated carbocycles. The Morgan fingerprint density at radius 1 is 0.929 bits per heavy atom. The van der Waals surface area contributed by atoms with E-state index in [4.69, 9.17) is 0 Å². The summed E-state index contributed by atoms with van der Waals surface area (Å²) in [6, 6.07) is 19.0. The Labute approximate surface area is 245 Å². The second kappa shape index (κ2) is 13.9. The molecule has 3 aromatic rings. The molecule has 2 amide bonds. The van der Waals surface area contributed by atoms with Gasteiger partial charge < -0.3 is 10.2 Å². The summed E-state index contributed by atoms with van der Waals surface area (Å²) in [5.74, 6) is -1.15. The van der Waals surface area contributed by atoms with Crippen LogP contribution in [0.25, 0.3) is 0 Å². The fourth-order valence-electron chi connectivity index (χ4n) is 4.45. The number of anilines is 1. The number of nitrogens with zero attached hydrogens (tertiary/aromatic N) is 2. The van der Waals surface area contributed by atoms with Gasteiger partial charge in [0.2, 0.25) is 21.8 Å². The van der Waals surface area contributed by atoms with Crippen LogP contribution in [0.5, 0.6) is 0 Å². The Morgan fingerprint density at radius 3 is 2.17 bits per heavy atom. The van der Waals surface area contributed by atoms with E-state index < -0.39 is 46.2 Å². The monoisotopic (exact) mass is 603 g/mol. The average molecular weight is 604 g/mol. The third-order valence-electron chi connectivity index (χ3n) is 6.85. The molecule has 2 unspecified atom stereocenters. The van der Waals surface area contributed by atoms with Gasteiger partial charge in [-0.3, -0.25) is 13.9 Å². The zero-order valence-corrected chi connectivity index (χ0v) is 24.9. The number of sulfonamides is 1. The van der Waals surface area contributed by atoms with Gasteiger partial charge in [0, 0.05) is 19.0 Å². The van der Waals surface area contributed by atoms with Gasteiger partial charge >= 0.3 is 6.18 Å². The van der Waals surface area contributed by atoms with E-state index in [2.05, 4.69) is 5.32 Å². The van der Waals surface area contributed by atoms with E-state index >= 15 is 0 Å². The van der Waals surface area contributed by atoms with E-state index in [1.165, 1.54) is 11.0 Å². The Hall–Kier alpha value is -3.86. The predicted molar refractivity (Wildman–Crippen MR) is 157 cm³/mol. The van der Waals surface area contributed by atoms with Gasteiger partial charge in [0.1, 0.15) is 12.6 Å². The number of halogens is 3. The van der Waals surface area contributed by atoms with E-state index in [0.717, 1.165) is 29.5 Å². The highest BCUT2D eigenvalue weighted by atomic mass is 32.2. The molecule has 0 bridgehead atoms. The van der Waals surface area contributed by atoms with Crippen LogP contribution in [0.4, 0.5) is 18.9 Å². The zero-order chi connectivity index (χ0) is 31.1. The summed E-state index contributed by atoms with van der Waals surface area (Å²) in [5, 5.41) is 2.93. The van der Waals surface area contributed by atoms with Crippen molar-refractivity contribution in [1.82, 2.24) is 10.2 Å². The predicted octanol–water partition coefficient (Wildman–Crippen LogP) is 5.33. The molecule has 11 heteroatoms. The van der Waals surface area contributed by atoms with E-state index in [1.54, 1.807) is 6.07 Å². The minimum Gasteiger partial charge on any atom is -0.352 e. The maximum absolute atomic E-state index is 14.1. The number of rotatable bonds is 12. The van der Waals surface area contributed by atoms with Crippen molar-refractivity contribution < 1.29 is 31.2 Å². The van der Waals surface area contributed by atoms with Gasteiger partial charge in [-0.2, -0.15) is 13.2 Å². The summed E-state index contributed by atoms with van der Waals surface area (Å²) in [6.07, 6.45) is -3.10. The van der Waals surface area contributed by atoms with Crippen LogP contribution in [-0.4, -0.2) is 50.0 Å². The molecule has 3 rings (SSSR count). The first-order valence-electron chi connectivity index (χ1n) is 13.5. The SMILES string of the molecule is CCC(C)NC(=O)C(Cc1ccccc1)N(Cc1cccc(C)c1)C(=O)CN(c1cccc(C(F)(F)F)c1)S(C)(=O)=O. The highest BCUT2D eigenvalue weighted by molar-refractivity contribution is 7.92. The fourth-order valence-corrected chi connectivity index (χ4v) is 5.29. The summed E-state index contributed by atoms with van der Waals surface area (Å²) < 4.78 is 66.6. The molecule has 226 valence electrons. The van der Waals surface area contributed by atoms with Crippen LogP contribution in [0.15, 0.2) is 78.9 Å². The Balaban J connectivity index is 2.09. The highest BCUT2D eigenvalue weighted by Gasteiger charge is 2.35.